The van der Waals surface area contributed by atoms with Gasteiger partial charge in [-0.1, -0.05) is 52.7 Å². The summed E-state index contributed by atoms with van der Waals surface area (Å²) >= 11 is 0. The fraction of sp³-hybridized carbons (Fsp3) is 0.875. The summed E-state index contributed by atoms with van der Waals surface area (Å²) in [6.45, 7) is 17.9. The van der Waals surface area contributed by atoms with Gasteiger partial charge in [-0.05, 0) is 92.8 Å². The Morgan fingerprint density at radius 2 is 1.74 bits per heavy atom. The largest absolute Gasteiger partial charge is 0.460 e. The lowest BCUT2D eigenvalue weighted by Crippen LogP contribution is -2.65. The summed E-state index contributed by atoms with van der Waals surface area (Å²) in [6, 6.07) is 0. The topological polar surface area (TPSA) is 104 Å². The molecule has 0 aromatic rings. The second-order valence-electron chi connectivity index (χ2n) is 15.1. The van der Waals surface area contributed by atoms with Gasteiger partial charge in [-0.15, -0.1) is 0 Å². The smallest absolute Gasteiger partial charge is 0.302 e. The molecule has 0 aromatic heterocycles. The SMILES string of the molecule is CC(=O)O[C@H](C[C@@H](C)C1=C2C[C@H](O)[C@H]3[C@@]4(C)CCC(=O)C(C)(C)C4CC[C@]3(C)[C@@]2(C)CC1)[C@@H](O)C(C)(C)O. The number of esters is 1. The molecule has 0 radical (unpaired) electrons. The predicted octanol–water partition coefficient (Wildman–Crippen LogP) is 5.37. The van der Waals surface area contributed by atoms with Crippen LogP contribution in [0.3, 0.4) is 0 Å². The van der Waals surface area contributed by atoms with Crippen molar-refractivity contribution < 1.29 is 29.6 Å². The molecule has 6 heteroatoms. The van der Waals surface area contributed by atoms with Crippen molar-refractivity contribution in [2.45, 2.75) is 138 Å². The van der Waals surface area contributed by atoms with E-state index in [2.05, 4.69) is 41.5 Å². The van der Waals surface area contributed by atoms with Crippen molar-refractivity contribution in [3.8, 4) is 0 Å². The Balaban J connectivity index is 1.68. The van der Waals surface area contributed by atoms with Gasteiger partial charge in [0.1, 0.15) is 18.0 Å². The first-order chi connectivity index (χ1) is 17.3. The first-order valence-corrected chi connectivity index (χ1v) is 14.8. The van der Waals surface area contributed by atoms with Crippen molar-refractivity contribution in [2.24, 2.45) is 39.4 Å². The number of Topliss-reactive ketones (excluding diaryl/α,β-unsaturated/α-hetero) is 1. The molecule has 38 heavy (non-hydrogen) atoms. The average Bonchev–Trinajstić information content (AvgIpc) is 3.12. The molecule has 4 aliphatic rings. The van der Waals surface area contributed by atoms with Gasteiger partial charge in [-0.3, -0.25) is 9.59 Å². The molecule has 0 aliphatic heterocycles. The van der Waals surface area contributed by atoms with Gasteiger partial charge in [0.2, 0.25) is 0 Å². The minimum atomic E-state index is -1.40. The van der Waals surface area contributed by atoms with Crippen LogP contribution >= 0.6 is 0 Å². The van der Waals surface area contributed by atoms with Gasteiger partial charge in [0, 0.05) is 18.8 Å². The fourth-order valence-electron chi connectivity index (χ4n) is 10.1. The molecule has 216 valence electrons. The molecule has 0 heterocycles. The van der Waals surface area contributed by atoms with Crippen LogP contribution in [0.2, 0.25) is 0 Å². The molecule has 0 saturated heterocycles. The second kappa shape index (κ2) is 9.41. The highest BCUT2D eigenvalue weighted by atomic mass is 16.6. The minimum absolute atomic E-state index is 0.0405. The highest BCUT2D eigenvalue weighted by Crippen LogP contribution is 2.74. The highest BCUT2D eigenvalue weighted by molar-refractivity contribution is 5.85. The Labute approximate surface area is 229 Å². The average molecular weight is 533 g/mol. The zero-order valence-corrected chi connectivity index (χ0v) is 25.2. The normalized spacial score (nSPS) is 41.1. The summed E-state index contributed by atoms with van der Waals surface area (Å²) in [5.41, 5.74) is 0.711. The lowest BCUT2D eigenvalue weighted by Gasteiger charge is -2.69. The molecule has 9 atom stereocenters. The van der Waals surface area contributed by atoms with Crippen molar-refractivity contribution in [1.82, 2.24) is 0 Å². The molecule has 6 nitrogen and oxygen atoms in total. The molecule has 3 fully saturated rings. The van der Waals surface area contributed by atoms with E-state index in [9.17, 15) is 24.9 Å². The predicted molar refractivity (Wildman–Crippen MR) is 147 cm³/mol. The lowest BCUT2D eigenvalue weighted by molar-refractivity contribution is -0.208. The summed E-state index contributed by atoms with van der Waals surface area (Å²) in [4.78, 5) is 24.8. The third-order valence-electron chi connectivity index (χ3n) is 12.2. The van der Waals surface area contributed by atoms with Crippen molar-refractivity contribution in [2.75, 3.05) is 0 Å². The number of carbonyl (C=O) groups excluding carboxylic acids is 2. The molecule has 0 amide bonds. The zero-order valence-electron chi connectivity index (χ0n) is 25.2. The van der Waals surface area contributed by atoms with Crippen molar-refractivity contribution in [3.05, 3.63) is 11.1 Å². The molecule has 4 aliphatic carbocycles. The minimum Gasteiger partial charge on any atom is -0.460 e. The van der Waals surface area contributed by atoms with E-state index in [1.54, 1.807) is 0 Å². The Kier molecular flexibility index (Phi) is 7.36. The number of rotatable bonds is 6. The fourth-order valence-corrected chi connectivity index (χ4v) is 10.1. The maximum atomic E-state index is 12.9. The summed E-state index contributed by atoms with van der Waals surface area (Å²) in [6.07, 6.45) is 4.01. The van der Waals surface area contributed by atoms with Crippen LogP contribution in [-0.2, 0) is 14.3 Å². The Hall–Kier alpha value is -1.24. The van der Waals surface area contributed by atoms with Crippen LogP contribution in [0.25, 0.3) is 0 Å². The molecule has 0 aromatic carbocycles. The van der Waals surface area contributed by atoms with E-state index in [4.69, 9.17) is 4.74 Å². The number of ketones is 1. The first-order valence-electron chi connectivity index (χ1n) is 14.8. The van der Waals surface area contributed by atoms with E-state index in [1.807, 2.05) is 0 Å². The van der Waals surface area contributed by atoms with E-state index in [0.29, 0.717) is 25.0 Å². The van der Waals surface area contributed by atoms with Crippen LogP contribution in [-0.4, -0.2) is 51.0 Å². The summed E-state index contributed by atoms with van der Waals surface area (Å²) in [5, 5.41) is 33.1. The Morgan fingerprint density at radius 1 is 1.11 bits per heavy atom. The van der Waals surface area contributed by atoms with Gasteiger partial charge in [0.05, 0.1) is 11.7 Å². The van der Waals surface area contributed by atoms with Crippen LogP contribution in [0.5, 0.6) is 0 Å². The van der Waals surface area contributed by atoms with E-state index >= 15 is 0 Å². The number of aliphatic hydroxyl groups excluding tert-OH is 2. The number of carbonyl (C=O) groups is 2. The van der Waals surface area contributed by atoms with E-state index < -0.39 is 29.9 Å². The quantitative estimate of drug-likeness (QED) is 0.314. The van der Waals surface area contributed by atoms with Gasteiger partial charge in [-0.2, -0.15) is 0 Å². The number of fused-ring (bicyclic) bond motifs is 5. The summed E-state index contributed by atoms with van der Waals surface area (Å²) in [7, 11) is 0. The van der Waals surface area contributed by atoms with Crippen LogP contribution < -0.4 is 0 Å². The molecule has 3 saturated carbocycles. The number of hydrogen-bond donors (Lipinski definition) is 3. The van der Waals surface area contributed by atoms with Crippen molar-refractivity contribution in [1.29, 1.82) is 0 Å². The van der Waals surface area contributed by atoms with E-state index in [-0.39, 0.29) is 39.4 Å². The van der Waals surface area contributed by atoms with Gasteiger partial charge in [-0.25, -0.2) is 0 Å². The molecule has 0 spiro atoms. The summed E-state index contributed by atoms with van der Waals surface area (Å²) < 4.78 is 5.51. The molecular weight excluding hydrogens is 480 g/mol. The van der Waals surface area contributed by atoms with Gasteiger partial charge < -0.3 is 20.1 Å². The number of ether oxygens (including phenoxy) is 1. The second-order valence-corrected chi connectivity index (χ2v) is 15.1. The molecule has 3 N–H and O–H groups in total. The van der Waals surface area contributed by atoms with Gasteiger partial charge in [0.15, 0.2) is 0 Å². The third-order valence-corrected chi connectivity index (χ3v) is 12.2. The first kappa shape index (κ1) is 29.7. The van der Waals surface area contributed by atoms with E-state index in [1.165, 1.54) is 31.9 Å². The monoisotopic (exact) mass is 532 g/mol. The maximum Gasteiger partial charge on any atom is 0.302 e. The van der Waals surface area contributed by atoms with Crippen molar-refractivity contribution >= 4 is 11.8 Å². The zero-order chi connectivity index (χ0) is 28.6. The maximum absolute atomic E-state index is 12.9. The third kappa shape index (κ3) is 4.32. The molecule has 0 bridgehead atoms. The standard InChI is InChI=1S/C32H52O6/c1-18(16-23(38-19(2)33)27(36)29(5,6)37)20-10-14-31(8)21(20)17-22(34)26-30(7)13-12-25(35)28(3,4)24(30)11-15-32(26,31)9/h18,22-24,26-27,34,36-37H,10-17H2,1-9H3/t18-,22+,23-,24?,26+,27-,30+,31+,32+/m1/s1. The molecular formula is C32H52O6. The van der Waals surface area contributed by atoms with Gasteiger partial charge >= 0.3 is 5.97 Å². The van der Waals surface area contributed by atoms with Crippen LogP contribution in [0.15, 0.2) is 11.1 Å². The number of allylic oxidation sites excluding steroid dienone is 1. The van der Waals surface area contributed by atoms with Crippen LogP contribution in [0.1, 0.15) is 114 Å². The van der Waals surface area contributed by atoms with Crippen LogP contribution in [0, 0.1) is 39.4 Å². The number of aliphatic hydroxyl groups is 3. The van der Waals surface area contributed by atoms with E-state index in [0.717, 1.165) is 32.1 Å². The van der Waals surface area contributed by atoms with Gasteiger partial charge in [0.25, 0.3) is 0 Å². The molecule has 1 unspecified atom stereocenters. The Bertz CT molecular complexity index is 1010. The number of hydrogen-bond acceptors (Lipinski definition) is 6. The highest BCUT2D eigenvalue weighted by Gasteiger charge is 2.69. The lowest BCUT2D eigenvalue weighted by atomic mass is 9.36. The summed E-state index contributed by atoms with van der Waals surface area (Å²) in [5.74, 6) is 0.356. The van der Waals surface area contributed by atoms with Crippen LogP contribution in [0.4, 0.5) is 0 Å². The Morgan fingerprint density at radius 3 is 2.32 bits per heavy atom. The van der Waals surface area contributed by atoms with Crippen molar-refractivity contribution in [3.63, 3.8) is 0 Å². The molecule has 4 rings (SSSR count).